The highest BCUT2D eigenvalue weighted by Gasteiger charge is 2.69. The Kier molecular flexibility index (Phi) is 2.11. The van der Waals surface area contributed by atoms with Crippen LogP contribution in [0.3, 0.4) is 0 Å². The number of carboxylic acid groups (broad SMARTS) is 1. The Bertz CT molecular complexity index is 350. The number of rotatable bonds is 2. The molecule has 0 saturated heterocycles. The van der Waals surface area contributed by atoms with Crippen LogP contribution in [0, 0.1) is 10.8 Å². The second-order valence-corrected chi connectivity index (χ2v) is 6.97. The fraction of sp³-hybridized carbons (Fsp3) is 0.818. The van der Waals surface area contributed by atoms with E-state index in [2.05, 4.69) is 15.9 Å². The van der Waals surface area contributed by atoms with Crippen LogP contribution in [0.15, 0.2) is 0 Å². The van der Waals surface area contributed by atoms with Crippen molar-refractivity contribution in [1.29, 1.82) is 0 Å². The van der Waals surface area contributed by atoms with Crippen LogP contribution in [0.2, 0.25) is 0 Å². The monoisotopic (exact) mass is 274 g/mol. The third kappa shape index (κ3) is 1.23. The molecule has 4 heteroatoms. The molecule has 0 aromatic rings. The minimum absolute atomic E-state index is 0.110. The molecule has 2 atom stereocenters. The van der Waals surface area contributed by atoms with Crippen molar-refractivity contribution >= 4 is 27.7 Å². The van der Waals surface area contributed by atoms with Crippen LogP contribution < -0.4 is 0 Å². The van der Waals surface area contributed by atoms with E-state index < -0.39 is 15.7 Å². The molecule has 2 aliphatic carbocycles. The Labute approximate surface area is 97.4 Å². The van der Waals surface area contributed by atoms with Gasteiger partial charge in [-0.05, 0) is 24.7 Å². The summed E-state index contributed by atoms with van der Waals surface area (Å²) in [6.07, 6.45) is 2.41. The smallest absolute Gasteiger partial charge is 0.303 e. The third-order valence-corrected chi connectivity index (χ3v) is 5.45. The Morgan fingerprint density at radius 1 is 1.47 bits per heavy atom. The molecule has 84 valence electrons. The molecule has 2 fully saturated rings. The van der Waals surface area contributed by atoms with E-state index in [-0.39, 0.29) is 17.6 Å². The molecule has 2 bridgehead atoms. The zero-order valence-corrected chi connectivity index (χ0v) is 10.6. The van der Waals surface area contributed by atoms with Crippen molar-refractivity contribution in [3.8, 4) is 0 Å². The normalized spacial score (nSPS) is 42.2. The van der Waals surface area contributed by atoms with Gasteiger partial charge < -0.3 is 5.11 Å². The highest BCUT2D eigenvalue weighted by molar-refractivity contribution is 9.10. The molecule has 1 N–H and O–H groups in total. The molecule has 15 heavy (non-hydrogen) atoms. The van der Waals surface area contributed by atoms with E-state index in [1.165, 1.54) is 0 Å². The summed E-state index contributed by atoms with van der Waals surface area (Å²) in [5.74, 6) is -0.614. The number of alkyl halides is 1. The number of carbonyl (C=O) groups is 2. The van der Waals surface area contributed by atoms with Gasteiger partial charge >= 0.3 is 5.97 Å². The lowest BCUT2D eigenvalue weighted by atomic mass is 9.63. The number of carboxylic acids is 1. The molecule has 2 saturated carbocycles. The molecular formula is C11H15BrO3. The minimum Gasteiger partial charge on any atom is -0.481 e. The Morgan fingerprint density at radius 3 is 2.47 bits per heavy atom. The lowest BCUT2D eigenvalue weighted by Gasteiger charge is -2.40. The number of hydrogen-bond donors (Lipinski definition) is 1. The zero-order chi connectivity index (χ0) is 11.5. The molecule has 0 aliphatic heterocycles. The topological polar surface area (TPSA) is 54.4 Å². The Hall–Kier alpha value is -0.380. The summed E-state index contributed by atoms with van der Waals surface area (Å²) in [6.45, 7) is 3.78. The maximum Gasteiger partial charge on any atom is 0.303 e. The van der Waals surface area contributed by atoms with Crippen molar-refractivity contribution in [2.45, 2.75) is 43.9 Å². The number of carbonyl (C=O) groups excluding carboxylic acids is 1. The molecule has 0 amide bonds. The Balaban J connectivity index is 2.42. The predicted octanol–water partition coefficient (Wildman–Crippen LogP) is 2.37. The van der Waals surface area contributed by atoms with Gasteiger partial charge in [-0.1, -0.05) is 29.8 Å². The molecule has 0 aromatic carbocycles. The molecule has 0 radical (unpaired) electrons. The van der Waals surface area contributed by atoms with E-state index in [1.54, 1.807) is 0 Å². The van der Waals surface area contributed by atoms with Gasteiger partial charge in [0.25, 0.3) is 0 Å². The number of halogens is 1. The highest BCUT2D eigenvalue weighted by atomic mass is 79.9. The van der Waals surface area contributed by atoms with Crippen LogP contribution in [0.25, 0.3) is 0 Å². The minimum atomic E-state index is -0.797. The van der Waals surface area contributed by atoms with Crippen LogP contribution in [0.5, 0.6) is 0 Å². The molecule has 2 rings (SSSR count). The van der Waals surface area contributed by atoms with Gasteiger partial charge in [-0.2, -0.15) is 0 Å². The number of aliphatic carboxylic acids is 1. The van der Waals surface area contributed by atoms with Crippen molar-refractivity contribution in [3.63, 3.8) is 0 Å². The number of ketones is 1. The molecule has 2 aliphatic rings. The first kappa shape index (κ1) is 11.1. The second-order valence-electron chi connectivity index (χ2n) is 5.45. The van der Waals surface area contributed by atoms with Crippen molar-refractivity contribution in [2.24, 2.45) is 10.8 Å². The van der Waals surface area contributed by atoms with Gasteiger partial charge in [-0.15, -0.1) is 0 Å². The number of hydrogen-bond acceptors (Lipinski definition) is 2. The highest BCUT2D eigenvalue weighted by Crippen LogP contribution is 2.68. The molecule has 0 heterocycles. The molecule has 0 aromatic heterocycles. The van der Waals surface area contributed by atoms with Crippen LogP contribution in [-0.2, 0) is 9.59 Å². The van der Waals surface area contributed by atoms with Crippen molar-refractivity contribution < 1.29 is 14.7 Å². The largest absolute Gasteiger partial charge is 0.481 e. The van der Waals surface area contributed by atoms with Gasteiger partial charge in [0.2, 0.25) is 0 Å². The summed E-state index contributed by atoms with van der Waals surface area (Å²) in [7, 11) is 0. The van der Waals surface area contributed by atoms with E-state index in [0.29, 0.717) is 6.42 Å². The fourth-order valence-electron chi connectivity index (χ4n) is 3.34. The van der Waals surface area contributed by atoms with Crippen LogP contribution in [-0.4, -0.2) is 21.2 Å². The van der Waals surface area contributed by atoms with Crippen LogP contribution in [0.1, 0.15) is 39.5 Å². The SMILES string of the molecule is CC1(C)C(=O)C2(Br)CCC1(CC(=O)O)C2. The first-order chi connectivity index (χ1) is 6.74. The average molecular weight is 275 g/mol. The van der Waals surface area contributed by atoms with E-state index in [1.807, 2.05) is 13.8 Å². The van der Waals surface area contributed by atoms with Gasteiger partial charge in [0.05, 0.1) is 10.7 Å². The van der Waals surface area contributed by atoms with E-state index in [4.69, 9.17) is 5.11 Å². The maximum absolute atomic E-state index is 12.2. The van der Waals surface area contributed by atoms with Crippen molar-refractivity contribution in [3.05, 3.63) is 0 Å². The average Bonchev–Trinajstić information content (AvgIpc) is 2.48. The summed E-state index contributed by atoms with van der Waals surface area (Å²) in [5.41, 5.74) is -0.841. The van der Waals surface area contributed by atoms with Gasteiger partial charge in [-0.3, -0.25) is 9.59 Å². The zero-order valence-electron chi connectivity index (χ0n) is 8.97. The van der Waals surface area contributed by atoms with Crippen molar-refractivity contribution in [2.75, 3.05) is 0 Å². The van der Waals surface area contributed by atoms with Gasteiger partial charge in [0.15, 0.2) is 5.78 Å². The summed E-state index contributed by atoms with van der Waals surface area (Å²) in [4.78, 5) is 23.1. The molecule has 2 unspecified atom stereocenters. The molecule has 3 nitrogen and oxygen atoms in total. The predicted molar refractivity (Wildman–Crippen MR) is 59.0 cm³/mol. The summed E-state index contributed by atoms with van der Waals surface area (Å²) < 4.78 is -0.439. The number of fused-ring (bicyclic) bond motifs is 2. The van der Waals surface area contributed by atoms with Crippen LogP contribution in [0.4, 0.5) is 0 Å². The van der Waals surface area contributed by atoms with E-state index >= 15 is 0 Å². The summed E-state index contributed by atoms with van der Waals surface area (Å²) in [6, 6.07) is 0. The second kappa shape index (κ2) is 2.84. The lowest BCUT2D eigenvalue weighted by Crippen LogP contribution is -2.43. The van der Waals surface area contributed by atoms with E-state index in [9.17, 15) is 9.59 Å². The van der Waals surface area contributed by atoms with Crippen LogP contribution >= 0.6 is 15.9 Å². The summed E-state index contributed by atoms with van der Waals surface area (Å²) in [5, 5.41) is 8.96. The maximum atomic E-state index is 12.2. The van der Waals surface area contributed by atoms with E-state index in [0.717, 1.165) is 12.8 Å². The fourth-order valence-corrected chi connectivity index (χ4v) is 4.57. The Morgan fingerprint density at radius 2 is 2.07 bits per heavy atom. The van der Waals surface area contributed by atoms with Gasteiger partial charge in [0, 0.05) is 5.41 Å². The summed E-state index contributed by atoms with van der Waals surface area (Å²) >= 11 is 3.51. The number of Topliss-reactive ketones (excluding diaryl/α,β-unsaturated/α-hetero) is 1. The first-order valence-corrected chi connectivity index (χ1v) is 5.99. The first-order valence-electron chi connectivity index (χ1n) is 5.19. The molecular weight excluding hydrogens is 260 g/mol. The van der Waals surface area contributed by atoms with Gasteiger partial charge in [-0.25, -0.2) is 0 Å². The van der Waals surface area contributed by atoms with Gasteiger partial charge in [0.1, 0.15) is 0 Å². The van der Waals surface area contributed by atoms with Crippen molar-refractivity contribution in [1.82, 2.24) is 0 Å². The lowest BCUT2D eigenvalue weighted by molar-refractivity contribution is -0.143. The standard InChI is InChI=1S/C11H15BrO3/c1-9(2)8(15)11(12)4-3-10(9,6-11)5-7(13)14/h3-6H2,1-2H3,(H,13,14). The quantitative estimate of drug-likeness (QED) is 0.787. The molecule has 0 spiro atoms. The third-order valence-electron chi connectivity index (χ3n) is 4.41.